The molecule has 28 heavy (non-hydrogen) atoms. The van der Waals surface area contributed by atoms with Crippen molar-refractivity contribution in [2.45, 2.75) is 31.6 Å². The van der Waals surface area contributed by atoms with Gasteiger partial charge in [0.15, 0.2) is 0 Å². The Labute approximate surface area is 166 Å². The summed E-state index contributed by atoms with van der Waals surface area (Å²) in [4.78, 5) is 14.5. The monoisotopic (exact) mass is 402 g/mol. The molecule has 0 aliphatic carbocycles. The molecule has 0 atom stereocenters. The van der Waals surface area contributed by atoms with E-state index in [-0.39, 0.29) is 48.3 Å². The van der Waals surface area contributed by atoms with Gasteiger partial charge in [-0.05, 0) is 48.2 Å². The average Bonchev–Trinajstić information content (AvgIpc) is 2.67. The van der Waals surface area contributed by atoms with Crippen LogP contribution in [0.25, 0.3) is 0 Å². The molecule has 7 heteroatoms. The Hall–Kier alpha value is -2.38. The fourth-order valence-corrected chi connectivity index (χ4v) is 4.72. The number of benzene rings is 2. The summed E-state index contributed by atoms with van der Waals surface area (Å²) in [6.07, 6.45) is 0. The Morgan fingerprint density at radius 1 is 1.00 bits per heavy atom. The van der Waals surface area contributed by atoms with Crippen molar-refractivity contribution in [1.29, 1.82) is 0 Å². The first kappa shape index (κ1) is 20.4. The van der Waals surface area contributed by atoms with Crippen LogP contribution in [0.2, 0.25) is 0 Å². The number of rotatable bonds is 4. The topological polar surface area (TPSA) is 77.9 Å². The average molecular weight is 403 g/mol. The Morgan fingerprint density at radius 3 is 2.14 bits per heavy atom. The molecule has 150 valence electrons. The minimum absolute atomic E-state index is 0.0507. The van der Waals surface area contributed by atoms with Gasteiger partial charge in [-0.1, -0.05) is 32.0 Å². The molecule has 0 unspecified atom stereocenters. The second-order valence-electron chi connectivity index (χ2n) is 7.44. The van der Waals surface area contributed by atoms with Crippen LogP contribution in [-0.2, 0) is 10.0 Å². The van der Waals surface area contributed by atoms with E-state index in [0.717, 1.165) is 11.1 Å². The Bertz CT molecular complexity index is 960. The maximum atomic E-state index is 12.9. The molecular formula is C21H26N2O4S. The molecule has 0 saturated carbocycles. The molecule has 6 nitrogen and oxygen atoms in total. The van der Waals surface area contributed by atoms with E-state index in [4.69, 9.17) is 0 Å². The zero-order valence-corrected chi connectivity index (χ0v) is 17.2. The molecule has 0 aromatic heterocycles. The van der Waals surface area contributed by atoms with Crippen LogP contribution in [0.15, 0.2) is 47.4 Å². The number of hydrogen-bond donors (Lipinski definition) is 1. The van der Waals surface area contributed by atoms with Crippen molar-refractivity contribution < 1.29 is 18.3 Å². The third-order valence-electron chi connectivity index (χ3n) is 5.09. The summed E-state index contributed by atoms with van der Waals surface area (Å²) < 4.78 is 27.2. The zero-order valence-electron chi connectivity index (χ0n) is 16.4. The quantitative estimate of drug-likeness (QED) is 0.853. The summed E-state index contributed by atoms with van der Waals surface area (Å²) in [5.74, 6) is 0.00521. The van der Waals surface area contributed by atoms with Crippen molar-refractivity contribution >= 4 is 15.9 Å². The maximum Gasteiger partial charge on any atom is 0.257 e. The van der Waals surface area contributed by atoms with Crippen LogP contribution in [0.4, 0.5) is 0 Å². The van der Waals surface area contributed by atoms with E-state index >= 15 is 0 Å². The zero-order chi connectivity index (χ0) is 20.5. The van der Waals surface area contributed by atoms with Gasteiger partial charge in [0, 0.05) is 26.2 Å². The number of carbonyl (C=O) groups is 1. The van der Waals surface area contributed by atoms with Crippen LogP contribution < -0.4 is 0 Å². The van der Waals surface area contributed by atoms with E-state index in [9.17, 15) is 18.3 Å². The van der Waals surface area contributed by atoms with Crippen LogP contribution in [0, 0.1) is 6.92 Å². The Balaban J connectivity index is 1.69. The van der Waals surface area contributed by atoms with Gasteiger partial charge in [0.2, 0.25) is 10.0 Å². The first-order valence-electron chi connectivity index (χ1n) is 9.39. The SMILES string of the molecule is Cc1ccc(C(=O)N2CCN(S(=O)(=O)c3ccc(C(C)C)cc3)CC2)c(O)c1. The maximum absolute atomic E-state index is 12.9. The molecule has 1 heterocycles. The van der Waals surface area contributed by atoms with Gasteiger partial charge in [0.1, 0.15) is 5.75 Å². The van der Waals surface area contributed by atoms with E-state index in [1.54, 1.807) is 35.2 Å². The second kappa shape index (κ2) is 7.93. The lowest BCUT2D eigenvalue weighted by Crippen LogP contribution is -2.50. The molecule has 3 rings (SSSR count). The third kappa shape index (κ3) is 4.05. The number of aryl methyl sites for hydroxylation is 1. The molecule has 1 saturated heterocycles. The number of phenolic OH excluding ortho intramolecular Hbond substituents is 1. The lowest BCUT2D eigenvalue weighted by atomic mass is 10.0. The van der Waals surface area contributed by atoms with Gasteiger partial charge in [-0.25, -0.2) is 8.42 Å². The molecule has 1 aliphatic rings. The number of piperazine rings is 1. The number of phenols is 1. The van der Waals surface area contributed by atoms with Gasteiger partial charge in [0.25, 0.3) is 5.91 Å². The first-order valence-corrected chi connectivity index (χ1v) is 10.8. The van der Waals surface area contributed by atoms with E-state index in [2.05, 4.69) is 13.8 Å². The molecule has 1 fully saturated rings. The summed E-state index contributed by atoms with van der Waals surface area (Å²) in [6.45, 7) is 6.99. The van der Waals surface area contributed by atoms with Crippen molar-refractivity contribution in [2.75, 3.05) is 26.2 Å². The number of amides is 1. The fourth-order valence-electron chi connectivity index (χ4n) is 3.30. The molecule has 1 N–H and O–H groups in total. The number of carbonyl (C=O) groups excluding carboxylic acids is 1. The van der Waals surface area contributed by atoms with E-state index in [0.29, 0.717) is 5.92 Å². The van der Waals surface area contributed by atoms with Crippen molar-refractivity contribution in [1.82, 2.24) is 9.21 Å². The molecule has 2 aromatic carbocycles. The van der Waals surface area contributed by atoms with E-state index in [1.807, 2.05) is 19.1 Å². The summed E-state index contributed by atoms with van der Waals surface area (Å²) >= 11 is 0. The van der Waals surface area contributed by atoms with Crippen molar-refractivity contribution in [3.8, 4) is 5.75 Å². The van der Waals surface area contributed by atoms with Crippen molar-refractivity contribution in [3.05, 3.63) is 59.2 Å². The number of aromatic hydroxyl groups is 1. The van der Waals surface area contributed by atoms with Crippen molar-refractivity contribution in [2.24, 2.45) is 0 Å². The number of nitrogens with zero attached hydrogens (tertiary/aromatic N) is 2. The van der Waals surface area contributed by atoms with Gasteiger partial charge >= 0.3 is 0 Å². The van der Waals surface area contributed by atoms with Crippen LogP contribution in [0.5, 0.6) is 5.75 Å². The van der Waals surface area contributed by atoms with Gasteiger partial charge in [-0.15, -0.1) is 0 Å². The summed E-state index contributed by atoms with van der Waals surface area (Å²) in [5.41, 5.74) is 2.20. The highest BCUT2D eigenvalue weighted by Crippen LogP contribution is 2.24. The summed E-state index contributed by atoms with van der Waals surface area (Å²) in [7, 11) is -3.59. The van der Waals surface area contributed by atoms with Gasteiger partial charge in [-0.2, -0.15) is 4.31 Å². The van der Waals surface area contributed by atoms with Crippen LogP contribution in [0.3, 0.4) is 0 Å². The molecule has 0 bridgehead atoms. The molecular weight excluding hydrogens is 376 g/mol. The minimum atomic E-state index is -3.59. The highest BCUT2D eigenvalue weighted by molar-refractivity contribution is 7.89. The highest BCUT2D eigenvalue weighted by atomic mass is 32.2. The van der Waals surface area contributed by atoms with Gasteiger partial charge in [-0.3, -0.25) is 4.79 Å². The van der Waals surface area contributed by atoms with Gasteiger partial charge in [0.05, 0.1) is 10.5 Å². The third-order valence-corrected chi connectivity index (χ3v) is 7.01. The molecule has 2 aromatic rings. The van der Waals surface area contributed by atoms with Crippen molar-refractivity contribution in [3.63, 3.8) is 0 Å². The summed E-state index contributed by atoms with van der Waals surface area (Å²) in [6, 6.07) is 11.9. The molecule has 0 spiro atoms. The number of sulfonamides is 1. The molecule has 0 radical (unpaired) electrons. The summed E-state index contributed by atoms with van der Waals surface area (Å²) in [5, 5.41) is 10.0. The normalized spacial score (nSPS) is 15.8. The first-order chi connectivity index (χ1) is 13.2. The van der Waals surface area contributed by atoms with Crippen LogP contribution >= 0.6 is 0 Å². The lowest BCUT2D eigenvalue weighted by molar-refractivity contribution is 0.0695. The molecule has 1 aliphatic heterocycles. The standard InChI is InChI=1S/C21H26N2O4S/c1-15(2)17-5-7-18(8-6-17)28(26,27)23-12-10-22(11-13-23)21(25)19-9-4-16(3)14-20(19)24/h4-9,14-15,24H,10-13H2,1-3H3. The second-order valence-corrected chi connectivity index (χ2v) is 9.38. The lowest BCUT2D eigenvalue weighted by Gasteiger charge is -2.34. The van der Waals surface area contributed by atoms with E-state index in [1.165, 1.54) is 4.31 Å². The number of hydrogen-bond acceptors (Lipinski definition) is 4. The van der Waals surface area contributed by atoms with Crippen LogP contribution in [-0.4, -0.2) is 54.8 Å². The van der Waals surface area contributed by atoms with Gasteiger partial charge < -0.3 is 10.0 Å². The largest absolute Gasteiger partial charge is 0.507 e. The molecule has 1 amide bonds. The van der Waals surface area contributed by atoms with Crippen LogP contribution in [0.1, 0.15) is 41.3 Å². The predicted octanol–water partition coefficient (Wildman–Crippen LogP) is 2.97. The Kier molecular flexibility index (Phi) is 5.76. The highest BCUT2D eigenvalue weighted by Gasteiger charge is 2.31. The predicted molar refractivity (Wildman–Crippen MR) is 108 cm³/mol. The smallest absolute Gasteiger partial charge is 0.257 e. The Morgan fingerprint density at radius 2 is 1.61 bits per heavy atom. The fraction of sp³-hybridized carbons (Fsp3) is 0.381. The minimum Gasteiger partial charge on any atom is -0.507 e. The van der Waals surface area contributed by atoms with E-state index < -0.39 is 10.0 Å².